The number of carbonyl (C=O) groups is 3. The molecule has 2 aromatic carbocycles. The number of ether oxygens (including phenoxy) is 1. The molecule has 2 aromatic rings. The Morgan fingerprint density at radius 3 is 2.21 bits per heavy atom. The van der Waals surface area contributed by atoms with Crippen molar-refractivity contribution in [3.8, 4) is 11.1 Å². The number of alkyl carbamates (subject to hydrolysis) is 1. The maximum atomic E-state index is 12.7. The van der Waals surface area contributed by atoms with Gasteiger partial charge in [0.2, 0.25) is 5.91 Å². The Labute approximate surface area is 193 Å². The second-order valence-corrected chi connectivity index (χ2v) is 8.81. The van der Waals surface area contributed by atoms with Gasteiger partial charge in [-0.2, -0.15) is 0 Å². The topological polar surface area (TPSA) is 95.9 Å². The molecule has 0 spiro atoms. The highest BCUT2D eigenvalue weighted by Crippen LogP contribution is 2.44. The third-order valence-corrected chi connectivity index (χ3v) is 6.34. The van der Waals surface area contributed by atoms with Crippen molar-refractivity contribution >= 4 is 18.0 Å². The van der Waals surface area contributed by atoms with Crippen LogP contribution in [0.2, 0.25) is 0 Å². The van der Waals surface area contributed by atoms with E-state index in [0.717, 1.165) is 41.5 Å². The van der Waals surface area contributed by atoms with E-state index in [-0.39, 0.29) is 37.4 Å². The molecule has 1 atom stereocenters. The fourth-order valence-corrected chi connectivity index (χ4v) is 4.66. The molecule has 1 fully saturated rings. The fraction of sp³-hybridized carbons (Fsp3) is 0.423. The summed E-state index contributed by atoms with van der Waals surface area (Å²) in [5.41, 5.74) is 4.60. The number of nitrogens with zero attached hydrogens (tertiary/aromatic N) is 1. The van der Waals surface area contributed by atoms with Gasteiger partial charge in [-0.1, -0.05) is 61.9 Å². The number of hydrogen-bond acceptors (Lipinski definition) is 4. The Morgan fingerprint density at radius 1 is 1.06 bits per heavy atom. The minimum Gasteiger partial charge on any atom is -0.480 e. The van der Waals surface area contributed by atoms with Crippen molar-refractivity contribution in [2.45, 2.75) is 57.0 Å². The number of fused-ring (bicyclic) bond motifs is 3. The van der Waals surface area contributed by atoms with E-state index < -0.39 is 18.1 Å². The molecule has 0 radical (unpaired) electrons. The summed E-state index contributed by atoms with van der Waals surface area (Å²) in [6.07, 6.45) is 2.57. The van der Waals surface area contributed by atoms with Gasteiger partial charge in [-0.3, -0.25) is 9.59 Å². The molecule has 7 nitrogen and oxygen atoms in total. The second-order valence-electron chi connectivity index (χ2n) is 8.81. The minimum absolute atomic E-state index is 0.00494. The van der Waals surface area contributed by atoms with Gasteiger partial charge < -0.3 is 20.1 Å². The van der Waals surface area contributed by atoms with Gasteiger partial charge in [0.15, 0.2) is 0 Å². The van der Waals surface area contributed by atoms with Crippen LogP contribution in [0, 0.1) is 0 Å². The molecule has 174 valence electrons. The fourth-order valence-electron chi connectivity index (χ4n) is 4.66. The first-order chi connectivity index (χ1) is 16.0. The van der Waals surface area contributed by atoms with Crippen LogP contribution in [0.3, 0.4) is 0 Å². The summed E-state index contributed by atoms with van der Waals surface area (Å²) in [4.78, 5) is 37.9. The van der Waals surface area contributed by atoms with Crippen LogP contribution in [-0.2, 0) is 14.3 Å². The summed E-state index contributed by atoms with van der Waals surface area (Å²) in [6, 6.07) is 15.9. The van der Waals surface area contributed by atoms with Crippen LogP contribution in [-0.4, -0.2) is 53.2 Å². The molecule has 0 aromatic heterocycles. The number of nitrogens with one attached hydrogen (secondary N) is 1. The zero-order valence-corrected chi connectivity index (χ0v) is 18.8. The number of benzene rings is 2. The lowest BCUT2D eigenvalue weighted by Gasteiger charge is -2.24. The molecular weight excluding hydrogens is 420 g/mol. The maximum absolute atomic E-state index is 12.7. The zero-order valence-electron chi connectivity index (χ0n) is 18.8. The average molecular weight is 451 g/mol. The Morgan fingerprint density at radius 2 is 1.67 bits per heavy atom. The SMILES string of the molecule is CCC[C@@H](CC(=O)N(CC(=O)O)C1CC1)NC(=O)OCC1c2ccccc2-c2ccccc21. The van der Waals surface area contributed by atoms with Gasteiger partial charge in [-0.15, -0.1) is 0 Å². The highest BCUT2D eigenvalue weighted by molar-refractivity contribution is 5.83. The minimum atomic E-state index is -1.02. The van der Waals surface area contributed by atoms with Crippen LogP contribution < -0.4 is 5.32 Å². The summed E-state index contributed by atoms with van der Waals surface area (Å²) in [7, 11) is 0. The lowest BCUT2D eigenvalue weighted by atomic mass is 9.98. The first-order valence-corrected chi connectivity index (χ1v) is 11.6. The normalized spacial score (nSPS) is 15.3. The number of carboxylic acids is 1. The van der Waals surface area contributed by atoms with E-state index >= 15 is 0 Å². The van der Waals surface area contributed by atoms with E-state index in [9.17, 15) is 14.4 Å². The van der Waals surface area contributed by atoms with Gasteiger partial charge >= 0.3 is 12.1 Å². The van der Waals surface area contributed by atoms with Crippen molar-refractivity contribution < 1.29 is 24.2 Å². The maximum Gasteiger partial charge on any atom is 0.407 e. The molecule has 1 saturated carbocycles. The monoisotopic (exact) mass is 450 g/mol. The molecule has 2 aliphatic rings. The van der Waals surface area contributed by atoms with Crippen molar-refractivity contribution in [1.82, 2.24) is 10.2 Å². The second kappa shape index (κ2) is 10.1. The predicted octanol–water partition coefficient (Wildman–Crippen LogP) is 4.16. The molecule has 2 aliphatic carbocycles. The third kappa shape index (κ3) is 5.35. The van der Waals surface area contributed by atoms with E-state index in [0.29, 0.717) is 6.42 Å². The first-order valence-electron chi connectivity index (χ1n) is 11.6. The van der Waals surface area contributed by atoms with E-state index in [1.807, 2.05) is 31.2 Å². The van der Waals surface area contributed by atoms with Gasteiger partial charge in [0, 0.05) is 24.4 Å². The van der Waals surface area contributed by atoms with Gasteiger partial charge in [0.05, 0.1) is 0 Å². The number of aliphatic carboxylic acids is 1. The average Bonchev–Trinajstić information content (AvgIpc) is 3.58. The van der Waals surface area contributed by atoms with Crippen LogP contribution in [0.25, 0.3) is 11.1 Å². The Kier molecular flexibility index (Phi) is 6.96. The molecule has 2 N–H and O–H groups in total. The molecule has 0 saturated heterocycles. The van der Waals surface area contributed by atoms with Gasteiger partial charge in [0.1, 0.15) is 13.2 Å². The highest BCUT2D eigenvalue weighted by Gasteiger charge is 2.35. The smallest absolute Gasteiger partial charge is 0.407 e. The van der Waals surface area contributed by atoms with Crippen LogP contribution >= 0.6 is 0 Å². The van der Waals surface area contributed by atoms with E-state index in [4.69, 9.17) is 9.84 Å². The predicted molar refractivity (Wildman–Crippen MR) is 124 cm³/mol. The summed E-state index contributed by atoms with van der Waals surface area (Å²) in [6.45, 7) is 1.89. The summed E-state index contributed by atoms with van der Waals surface area (Å²) in [5, 5.41) is 12.0. The van der Waals surface area contributed by atoms with E-state index in [1.165, 1.54) is 4.90 Å². The van der Waals surface area contributed by atoms with Crippen molar-refractivity contribution in [3.63, 3.8) is 0 Å². The van der Waals surface area contributed by atoms with Crippen LogP contribution in [0.1, 0.15) is 56.1 Å². The van der Waals surface area contributed by atoms with Crippen LogP contribution in [0.15, 0.2) is 48.5 Å². The number of rotatable bonds is 10. The van der Waals surface area contributed by atoms with Gasteiger partial charge in [-0.25, -0.2) is 4.79 Å². The Balaban J connectivity index is 1.37. The number of carboxylic acid groups (broad SMARTS) is 1. The third-order valence-electron chi connectivity index (χ3n) is 6.34. The lowest BCUT2D eigenvalue weighted by Crippen LogP contribution is -2.43. The number of carbonyl (C=O) groups excluding carboxylic acids is 2. The molecule has 0 bridgehead atoms. The Hall–Kier alpha value is -3.35. The first kappa shape index (κ1) is 22.8. The molecule has 0 unspecified atom stereocenters. The van der Waals surface area contributed by atoms with Crippen LogP contribution in [0.4, 0.5) is 4.79 Å². The zero-order chi connectivity index (χ0) is 23.4. The number of amides is 2. The van der Waals surface area contributed by atoms with Crippen molar-refractivity contribution in [2.75, 3.05) is 13.2 Å². The van der Waals surface area contributed by atoms with E-state index in [2.05, 4.69) is 29.6 Å². The van der Waals surface area contributed by atoms with Crippen molar-refractivity contribution in [2.24, 2.45) is 0 Å². The van der Waals surface area contributed by atoms with Crippen molar-refractivity contribution in [3.05, 3.63) is 59.7 Å². The van der Waals surface area contributed by atoms with Gasteiger partial charge in [-0.05, 0) is 41.5 Å². The quantitative estimate of drug-likeness (QED) is 0.567. The lowest BCUT2D eigenvalue weighted by molar-refractivity contribution is -0.145. The molecule has 4 rings (SSSR count). The summed E-state index contributed by atoms with van der Waals surface area (Å²) < 4.78 is 5.61. The van der Waals surface area contributed by atoms with Crippen LogP contribution in [0.5, 0.6) is 0 Å². The molecule has 0 heterocycles. The largest absolute Gasteiger partial charge is 0.480 e. The van der Waals surface area contributed by atoms with Gasteiger partial charge in [0.25, 0.3) is 0 Å². The molecular formula is C26H30N2O5. The molecule has 7 heteroatoms. The molecule has 2 amide bonds. The molecule has 33 heavy (non-hydrogen) atoms. The van der Waals surface area contributed by atoms with E-state index in [1.54, 1.807) is 0 Å². The van der Waals surface area contributed by atoms with Crippen molar-refractivity contribution in [1.29, 1.82) is 0 Å². The Bertz CT molecular complexity index is 987. The standard InChI is InChI=1S/C26H30N2O5/c1-2-7-17(14-24(29)28(15-25(30)31)18-12-13-18)27-26(32)33-16-23-21-10-5-3-8-19(21)20-9-4-6-11-22(20)23/h3-6,8-11,17-18,23H,2,7,12-16H2,1H3,(H,27,32)(H,30,31)/t17-/m0/s1. The molecule has 0 aliphatic heterocycles. The summed E-state index contributed by atoms with van der Waals surface area (Å²) in [5.74, 6) is -1.29. The highest BCUT2D eigenvalue weighted by atomic mass is 16.5. The number of hydrogen-bond donors (Lipinski definition) is 2. The summed E-state index contributed by atoms with van der Waals surface area (Å²) >= 11 is 0.